The maximum atomic E-state index is 12.6. The molecule has 3 aromatic rings. The predicted octanol–water partition coefficient (Wildman–Crippen LogP) is 4.02. The summed E-state index contributed by atoms with van der Waals surface area (Å²) in [4.78, 5) is 12.4. The number of rotatable bonds is 7. The fourth-order valence-corrected chi connectivity index (χ4v) is 3.71. The Hall–Kier alpha value is -4.29. The summed E-state index contributed by atoms with van der Waals surface area (Å²) >= 11 is 0. The standard InChI is InChI=1S/C24H20N2O6S/c1-16-3-10-21(11-4-16)33(29,30)32-22-12-5-17(14-23(22)31-2)13-18(15-25)24(28)26-19-6-8-20(27)9-7-19/h3-14,27H,1-2H3,(H,26,28)/b18-13+. The van der Waals surface area contributed by atoms with Crippen LogP contribution in [0.15, 0.2) is 77.2 Å². The number of carbonyl (C=O) groups is 1. The van der Waals surface area contributed by atoms with Gasteiger partial charge in [0.15, 0.2) is 11.5 Å². The summed E-state index contributed by atoms with van der Waals surface area (Å²) in [6.07, 6.45) is 1.33. The summed E-state index contributed by atoms with van der Waals surface area (Å²) in [7, 11) is -2.74. The fraction of sp³-hybridized carbons (Fsp3) is 0.0833. The second-order valence-electron chi connectivity index (χ2n) is 6.93. The molecule has 0 bridgehead atoms. The highest BCUT2D eigenvalue weighted by atomic mass is 32.2. The molecule has 0 fully saturated rings. The summed E-state index contributed by atoms with van der Waals surface area (Å²) in [5.41, 5.74) is 1.54. The molecule has 0 heterocycles. The van der Waals surface area contributed by atoms with Crippen molar-refractivity contribution in [3.05, 3.63) is 83.4 Å². The molecule has 0 aromatic heterocycles. The van der Waals surface area contributed by atoms with Crippen molar-refractivity contribution < 1.29 is 27.2 Å². The van der Waals surface area contributed by atoms with E-state index < -0.39 is 16.0 Å². The van der Waals surface area contributed by atoms with Crippen LogP contribution in [0.25, 0.3) is 6.08 Å². The van der Waals surface area contributed by atoms with Crippen molar-refractivity contribution in [3.8, 4) is 23.3 Å². The zero-order chi connectivity index (χ0) is 24.0. The summed E-state index contributed by atoms with van der Waals surface area (Å²) < 4.78 is 35.6. The van der Waals surface area contributed by atoms with Gasteiger partial charge in [0.25, 0.3) is 5.91 Å². The number of aromatic hydroxyl groups is 1. The van der Waals surface area contributed by atoms with E-state index in [0.29, 0.717) is 11.3 Å². The van der Waals surface area contributed by atoms with Crippen LogP contribution in [0.2, 0.25) is 0 Å². The zero-order valence-corrected chi connectivity index (χ0v) is 18.6. The van der Waals surface area contributed by atoms with Crippen LogP contribution in [0.1, 0.15) is 11.1 Å². The van der Waals surface area contributed by atoms with E-state index in [1.807, 2.05) is 13.0 Å². The zero-order valence-electron chi connectivity index (χ0n) is 17.8. The van der Waals surface area contributed by atoms with Crippen molar-refractivity contribution in [2.75, 3.05) is 12.4 Å². The van der Waals surface area contributed by atoms with E-state index in [-0.39, 0.29) is 27.7 Å². The van der Waals surface area contributed by atoms with E-state index in [1.54, 1.807) is 12.1 Å². The molecule has 0 radical (unpaired) electrons. The second kappa shape index (κ2) is 9.89. The minimum atomic E-state index is -4.08. The van der Waals surface area contributed by atoms with Crippen LogP contribution in [0.5, 0.6) is 17.2 Å². The number of methoxy groups -OCH3 is 1. The number of nitrogens with one attached hydrogen (secondary N) is 1. The van der Waals surface area contributed by atoms with Crippen LogP contribution >= 0.6 is 0 Å². The van der Waals surface area contributed by atoms with E-state index in [9.17, 15) is 23.6 Å². The third-order valence-corrected chi connectivity index (χ3v) is 5.75. The number of nitrogens with zero attached hydrogens (tertiary/aromatic N) is 1. The van der Waals surface area contributed by atoms with Crippen molar-refractivity contribution >= 4 is 27.8 Å². The van der Waals surface area contributed by atoms with Crippen LogP contribution in [0.3, 0.4) is 0 Å². The first-order chi connectivity index (χ1) is 15.7. The van der Waals surface area contributed by atoms with Crippen LogP contribution < -0.4 is 14.2 Å². The minimum absolute atomic E-state index is 0.00297. The lowest BCUT2D eigenvalue weighted by molar-refractivity contribution is -0.112. The topological polar surface area (TPSA) is 126 Å². The van der Waals surface area contributed by atoms with Crippen LogP contribution in [-0.4, -0.2) is 26.5 Å². The Morgan fingerprint density at radius 2 is 1.70 bits per heavy atom. The molecule has 1 amide bonds. The smallest absolute Gasteiger partial charge is 0.339 e. The molecule has 0 saturated carbocycles. The van der Waals surface area contributed by atoms with Gasteiger partial charge in [-0.1, -0.05) is 23.8 Å². The van der Waals surface area contributed by atoms with Gasteiger partial charge in [0.2, 0.25) is 0 Å². The SMILES string of the molecule is COc1cc(/C=C(\C#N)C(=O)Nc2ccc(O)cc2)ccc1OS(=O)(=O)c1ccc(C)cc1. The van der Waals surface area contributed by atoms with Crippen molar-refractivity contribution in [2.24, 2.45) is 0 Å². The molecule has 9 heteroatoms. The van der Waals surface area contributed by atoms with E-state index >= 15 is 0 Å². The van der Waals surface area contributed by atoms with Gasteiger partial charge in [0.1, 0.15) is 22.3 Å². The van der Waals surface area contributed by atoms with Gasteiger partial charge in [-0.15, -0.1) is 0 Å². The molecule has 8 nitrogen and oxygen atoms in total. The predicted molar refractivity (Wildman–Crippen MR) is 122 cm³/mol. The first-order valence-corrected chi connectivity index (χ1v) is 11.0. The van der Waals surface area contributed by atoms with Gasteiger partial charge >= 0.3 is 10.1 Å². The number of hydrogen-bond donors (Lipinski definition) is 2. The van der Waals surface area contributed by atoms with Gasteiger partial charge in [0.05, 0.1) is 7.11 Å². The summed E-state index contributed by atoms with van der Waals surface area (Å²) in [5, 5.41) is 21.3. The van der Waals surface area contributed by atoms with Gasteiger partial charge in [-0.2, -0.15) is 13.7 Å². The lowest BCUT2D eigenvalue weighted by atomic mass is 10.1. The van der Waals surface area contributed by atoms with E-state index in [1.165, 1.54) is 67.8 Å². The Bertz CT molecular complexity index is 1340. The maximum Gasteiger partial charge on any atom is 0.339 e. The molecular formula is C24H20N2O6S. The Morgan fingerprint density at radius 3 is 2.30 bits per heavy atom. The third kappa shape index (κ3) is 5.90. The van der Waals surface area contributed by atoms with E-state index in [4.69, 9.17) is 8.92 Å². The summed E-state index contributed by atoms with van der Waals surface area (Å²) in [6.45, 7) is 1.84. The second-order valence-corrected chi connectivity index (χ2v) is 8.48. The molecule has 0 aliphatic heterocycles. The van der Waals surface area contributed by atoms with Gasteiger partial charge in [-0.25, -0.2) is 0 Å². The quantitative estimate of drug-likeness (QED) is 0.234. The number of amides is 1. The highest BCUT2D eigenvalue weighted by molar-refractivity contribution is 7.87. The molecule has 0 spiro atoms. The highest BCUT2D eigenvalue weighted by Gasteiger charge is 2.19. The lowest BCUT2D eigenvalue weighted by Crippen LogP contribution is -2.13. The molecule has 0 aliphatic rings. The molecular weight excluding hydrogens is 444 g/mol. The molecule has 3 rings (SSSR count). The van der Waals surface area contributed by atoms with Crippen molar-refractivity contribution in [2.45, 2.75) is 11.8 Å². The number of carbonyl (C=O) groups excluding carboxylic acids is 1. The number of benzene rings is 3. The molecule has 3 aromatic carbocycles. The van der Waals surface area contributed by atoms with E-state index in [2.05, 4.69) is 5.32 Å². The average Bonchev–Trinajstić information content (AvgIpc) is 2.79. The monoisotopic (exact) mass is 464 g/mol. The number of hydrogen-bond acceptors (Lipinski definition) is 7. The molecule has 33 heavy (non-hydrogen) atoms. The number of phenols is 1. The van der Waals surface area contributed by atoms with Gasteiger partial charge in [-0.05, 0) is 67.1 Å². The highest BCUT2D eigenvalue weighted by Crippen LogP contribution is 2.31. The number of phenolic OH excluding ortho intramolecular Hbond substituents is 1. The minimum Gasteiger partial charge on any atom is -0.508 e. The Balaban J connectivity index is 1.83. The molecule has 0 atom stereocenters. The van der Waals surface area contributed by atoms with Gasteiger partial charge in [0, 0.05) is 5.69 Å². The fourth-order valence-electron chi connectivity index (χ4n) is 2.77. The van der Waals surface area contributed by atoms with Crippen LogP contribution in [-0.2, 0) is 14.9 Å². The summed E-state index contributed by atoms with van der Waals surface area (Å²) in [6, 6.07) is 18.2. The van der Waals surface area contributed by atoms with Crippen molar-refractivity contribution in [3.63, 3.8) is 0 Å². The Kier molecular flexibility index (Phi) is 7.00. The Morgan fingerprint density at radius 1 is 1.03 bits per heavy atom. The number of anilines is 1. The van der Waals surface area contributed by atoms with Crippen molar-refractivity contribution in [1.29, 1.82) is 5.26 Å². The van der Waals surface area contributed by atoms with E-state index in [0.717, 1.165) is 5.56 Å². The normalized spacial score (nSPS) is 11.4. The molecule has 168 valence electrons. The number of aryl methyl sites for hydroxylation is 1. The van der Waals surface area contributed by atoms with Crippen LogP contribution in [0, 0.1) is 18.3 Å². The average molecular weight is 464 g/mol. The van der Waals surface area contributed by atoms with Crippen LogP contribution in [0.4, 0.5) is 5.69 Å². The first kappa shape index (κ1) is 23.4. The third-order valence-electron chi connectivity index (χ3n) is 4.50. The molecule has 0 unspecified atom stereocenters. The largest absolute Gasteiger partial charge is 0.508 e. The van der Waals surface area contributed by atoms with Gasteiger partial charge in [-0.3, -0.25) is 4.79 Å². The Labute approximate surface area is 191 Å². The molecule has 2 N–H and O–H groups in total. The van der Waals surface area contributed by atoms with Gasteiger partial charge < -0.3 is 19.3 Å². The summed E-state index contributed by atoms with van der Waals surface area (Å²) in [5.74, 6) is -0.537. The lowest BCUT2D eigenvalue weighted by Gasteiger charge is -2.12. The number of nitriles is 1. The van der Waals surface area contributed by atoms with Crippen molar-refractivity contribution in [1.82, 2.24) is 0 Å². The molecule has 0 aliphatic carbocycles. The maximum absolute atomic E-state index is 12.6. The molecule has 0 saturated heterocycles. The first-order valence-electron chi connectivity index (χ1n) is 9.63. The number of ether oxygens (including phenoxy) is 1.